The molecule has 1 aliphatic rings. The van der Waals surface area contributed by atoms with Crippen molar-refractivity contribution < 1.29 is 4.74 Å². The Balaban J connectivity index is 1.73. The monoisotopic (exact) mass is 330 g/mol. The Morgan fingerprint density at radius 3 is 2.58 bits per heavy atom. The van der Waals surface area contributed by atoms with Gasteiger partial charge in [0.1, 0.15) is 5.82 Å². The van der Waals surface area contributed by atoms with Gasteiger partial charge in [-0.1, -0.05) is 26.0 Å². The third-order valence-electron chi connectivity index (χ3n) is 5.02. The van der Waals surface area contributed by atoms with Crippen LogP contribution in [0, 0.1) is 0 Å². The van der Waals surface area contributed by atoms with Crippen molar-refractivity contribution >= 4 is 11.0 Å². The summed E-state index contributed by atoms with van der Waals surface area (Å²) in [6, 6.07) is 8.52. The maximum atomic E-state index is 5.45. The number of benzene rings is 1. The van der Waals surface area contributed by atoms with Crippen LogP contribution < -0.4 is 0 Å². The number of aromatic nitrogens is 2. The number of para-hydroxylation sites is 2. The van der Waals surface area contributed by atoms with E-state index in [0.717, 1.165) is 71.0 Å². The molecule has 1 fully saturated rings. The van der Waals surface area contributed by atoms with Crippen molar-refractivity contribution in [2.75, 3.05) is 52.5 Å². The Morgan fingerprint density at radius 2 is 1.83 bits per heavy atom. The average Bonchev–Trinajstić information content (AvgIpc) is 2.99. The molecule has 0 aliphatic carbocycles. The maximum Gasteiger partial charge on any atom is 0.111 e. The van der Waals surface area contributed by atoms with Crippen LogP contribution in [0.4, 0.5) is 0 Å². The molecule has 1 saturated heterocycles. The summed E-state index contributed by atoms with van der Waals surface area (Å²) >= 11 is 0. The largest absolute Gasteiger partial charge is 0.379 e. The van der Waals surface area contributed by atoms with E-state index in [4.69, 9.17) is 9.72 Å². The van der Waals surface area contributed by atoms with E-state index in [9.17, 15) is 0 Å². The second-order valence-electron chi connectivity index (χ2n) is 6.40. The third-order valence-corrected chi connectivity index (χ3v) is 5.02. The minimum Gasteiger partial charge on any atom is -0.379 e. The fraction of sp³-hybridized carbons (Fsp3) is 0.632. The molecule has 5 heteroatoms. The van der Waals surface area contributed by atoms with Crippen LogP contribution in [-0.2, 0) is 17.7 Å². The second-order valence-corrected chi connectivity index (χ2v) is 6.40. The lowest BCUT2D eigenvalue weighted by molar-refractivity contribution is 0.0381. The third kappa shape index (κ3) is 4.15. The van der Waals surface area contributed by atoms with Gasteiger partial charge in [-0.15, -0.1) is 0 Å². The van der Waals surface area contributed by atoms with Crippen LogP contribution in [0.1, 0.15) is 19.7 Å². The Bertz CT molecular complexity index is 629. The number of ether oxygens (including phenoxy) is 1. The maximum absolute atomic E-state index is 5.45. The highest BCUT2D eigenvalue weighted by atomic mass is 16.5. The van der Waals surface area contributed by atoms with Gasteiger partial charge >= 0.3 is 0 Å². The number of rotatable bonds is 8. The van der Waals surface area contributed by atoms with Crippen LogP contribution in [-0.4, -0.2) is 71.8 Å². The highest BCUT2D eigenvalue weighted by Gasteiger charge is 2.14. The van der Waals surface area contributed by atoms with Crippen LogP contribution in [0.25, 0.3) is 11.0 Å². The molecule has 24 heavy (non-hydrogen) atoms. The number of nitrogens with zero attached hydrogens (tertiary/aromatic N) is 4. The van der Waals surface area contributed by atoms with E-state index in [1.807, 2.05) is 0 Å². The second kappa shape index (κ2) is 8.60. The van der Waals surface area contributed by atoms with E-state index >= 15 is 0 Å². The van der Waals surface area contributed by atoms with Crippen LogP contribution in [0.2, 0.25) is 0 Å². The van der Waals surface area contributed by atoms with Crippen molar-refractivity contribution in [1.82, 2.24) is 19.4 Å². The van der Waals surface area contributed by atoms with Gasteiger partial charge in [-0.05, 0) is 25.2 Å². The van der Waals surface area contributed by atoms with Gasteiger partial charge in [-0.2, -0.15) is 0 Å². The van der Waals surface area contributed by atoms with Gasteiger partial charge in [0.05, 0.1) is 24.2 Å². The molecule has 5 nitrogen and oxygen atoms in total. The van der Waals surface area contributed by atoms with E-state index in [2.05, 4.69) is 52.5 Å². The van der Waals surface area contributed by atoms with Gasteiger partial charge in [-0.25, -0.2) is 4.98 Å². The molecule has 0 atom stereocenters. The highest BCUT2D eigenvalue weighted by molar-refractivity contribution is 5.75. The smallest absolute Gasteiger partial charge is 0.111 e. The molecule has 1 aromatic heterocycles. The van der Waals surface area contributed by atoms with Crippen LogP contribution in [0.15, 0.2) is 24.3 Å². The molecule has 0 N–H and O–H groups in total. The zero-order valence-electron chi connectivity index (χ0n) is 15.1. The van der Waals surface area contributed by atoms with Crippen molar-refractivity contribution in [3.63, 3.8) is 0 Å². The summed E-state index contributed by atoms with van der Waals surface area (Å²) in [6.07, 6.45) is 1.01. The fourth-order valence-electron chi connectivity index (χ4n) is 3.43. The number of imidazole rings is 1. The van der Waals surface area contributed by atoms with E-state index < -0.39 is 0 Å². The number of morpholine rings is 1. The Hall–Kier alpha value is -1.43. The quantitative estimate of drug-likeness (QED) is 0.743. The fourth-order valence-corrected chi connectivity index (χ4v) is 3.43. The van der Waals surface area contributed by atoms with E-state index in [1.165, 1.54) is 11.3 Å². The molecule has 1 aromatic carbocycles. The number of hydrogen-bond donors (Lipinski definition) is 0. The molecule has 2 aromatic rings. The Kier molecular flexibility index (Phi) is 6.24. The predicted octanol–water partition coefficient (Wildman–Crippen LogP) is 2.25. The molecule has 3 rings (SSSR count). The summed E-state index contributed by atoms with van der Waals surface area (Å²) in [6.45, 7) is 13.6. The number of likely N-dealkylation sites (N-methyl/N-ethyl adjacent to an activating group) is 1. The first-order chi connectivity index (χ1) is 11.8. The zero-order valence-corrected chi connectivity index (χ0v) is 15.1. The number of fused-ring (bicyclic) bond motifs is 1. The minimum atomic E-state index is 0.860. The van der Waals surface area contributed by atoms with Crippen LogP contribution in [0.5, 0.6) is 0 Å². The van der Waals surface area contributed by atoms with Gasteiger partial charge in [-0.3, -0.25) is 4.90 Å². The molecular weight excluding hydrogens is 300 g/mol. The normalized spacial score (nSPS) is 16.3. The summed E-state index contributed by atoms with van der Waals surface area (Å²) in [5.74, 6) is 1.22. The van der Waals surface area contributed by atoms with E-state index in [-0.39, 0.29) is 0 Å². The summed E-state index contributed by atoms with van der Waals surface area (Å²) < 4.78 is 7.87. The molecular formula is C19H30N4O. The minimum absolute atomic E-state index is 0.860. The van der Waals surface area contributed by atoms with Crippen molar-refractivity contribution in [3.05, 3.63) is 30.1 Å². The van der Waals surface area contributed by atoms with Crippen molar-refractivity contribution in [2.24, 2.45) is 0 Å². The molecule has 0 amide bonds. The standard InChI is InChI=1S/C19H30N4O/c1-3-21(4-2)11-12-23-18-8-6-5-7-17(18)20-19(23)9-10-22-13-15-24-16-14-22/h5-8H,3-4,9-16H2,1-2H3. The van der Waals surface area contributed by atoms with Crippen molar-refractivity contribution in [1.29, 1.82) is 0 Å². The topological polar surface area (TPSA) is 33.5 Å². The lowest BCUT2D eigenvalue weighted by Crippen LogP contribution is -2.37. The molecule has 0 radical (unpaired) electrons. The summed E-state index contributed by atoms with van der Waals surface area (Å²) in [5, 5.41) is 0. The SMILES string of the molecule is CCN(CC)CCn1c(CCN2CCOCC2)nc2ccccc21. The van der Waals surface area contributed by atoms with E-state index in [0.29, 0.717) is 0 Å². The van der Waals surface area contributed by atoms with Gasteiger partial charge in [0.15, 0.2) is 0 Å². The van der Waals surface area contributed by atoms with Crippen LogP contribution >= 0.6 is 0 Å². The first kappa shape index (κ1) is 17.4. The van der Waals surface area contributed by atoms with E-state index in [1.54, 1.807) is 0 Å². The molecule has 1 aliphatic heterocycles. The molecule has 0 spiro atoms. The average molecular weight is 330 g/mol. The predicted molar refractivity (Wildman–Crippen MR) is 98.5 cm³/mol. The molecule has 132 valence electrons. The van der Waals surface area contributed by atoms with Crippen molar-refractivity contribution in [3.8, 4) is 0 Å². The first-order valence-corrected chi connectivity index (χ1v) is 9.28. The van der Waals surface area contributed by atoms with Crippen molar-refractivity contribution in [2.45, 2.75) is 26.8 Å². The highest BCUT2D eigenvalue weighted by Crippen LogP contribution is 2.17. The lowest BCUT2D eigenvalue weighted by Gasteiger charge is -2.26. The van der Waals surface area contributed by atoms with Gasteiger partial charge in [0.25, 0.3) is 0 Å². The lowest BCUT2D eigenvalue weighted by atomic mass is 10.3. The Morgan fingerprint density at radius 1 is 1.08 bits per heavy atom. The van der Waals surface area contributed by atoms with Crippen LogP contribution in [0.3, 0.4) is 0 Å². The summed E-state index contributed by atoms with van der Waals surface area (Å²) in [5.41, 5.74) is 2.38. The van der Waals surface area contributed by atoms with Gasteiger partial charge in [0, 0.05) is 39.1 Å². The zero-order chi connectivity index (χ0) is 16.8. The molecule has 0 saturated carbocycles. The molecule has 0 unspecified atom stereocenters. The first-order valence-electron chi connectivity index (χ1n) is 9.28. The molecule has 2 heterocycles. The Labute approximate surface area is 145 Å². The van der Waals surface area contributed by atoms with Gasteiger partial charge < -0.3 is 14.2 Å². The molecule has 0 bridgehead atoms. The summed E-state index contributed by atoms with van der Waals surface area (Å²) in [7, 11) is 0. The van der Waals surface area contributed by atoms with Gasteiger partial charge in [0.2, 0.25) is 0 Å². The number of hydrogen-bond acceptors (Lipinski definition) is 4. The summed E-state index contributed by atoms with van der Waals surface area (Å²) in [4.78, 5) is 9.87.